The summed E-state index contributed by atoms with van der Waals surface area (Å²) in [5.74, 6) is 0. The topological polar surface area (TPSA) is 83.9 Å². The lowest BCUT2D eigenvalue weighted by Crippen LogP contribution is -2.01. The van der Waals surface area contributed by atoms with Crippen molar-refractivity contribution in [2.24, 2.45) is 0 Å². The van der Waals surface area contributed by atoms with Crippen LogP contribution in [-0.2, 0) is 13.1 Å². The second-order valence-electron chi connectivity index (χ2n) is 4.71. The van der Waals surface area contributed by atoms with Crippen molar-refractivity contribution in [1.82, 2.24) is 4.57 Å². The predicted octanol–water partition coefficient (Wildman–Crippen LogP) is 3.29. The fourth-order valence-corrected chi connectivity index (χ4v) is 2.08. The summed E-state index contributed by atoms with van der Waals surface area (Å²) in [6.45, 7) is 3.66. The molecule has 0 aliphatic heterocycles. The number of non-ortho nitro benzene ring substituents is 1. The Hall–Kier alpha value is -2.81. The molecule has 1 heterocycles. The Morgan fingerprint density at radius 1 is 1.43 bits per heavy atom. The standard InChI is InChI=1S/C15H16N4O2/c1-2-6-18-7-5-12(11-18)10-17-15-4-3-14(19(20)21)8-13(15)9-16/h3-5,7-8,11,17H,2,6,10H2,1H3. The Morgan fingerprint density at radius 3 is 2.90 bits per heavy atom. The van der Waals surface area contributed by atoms with Gasteiger partial charge in [0.25, 0.3) is 5.69 Å². The molecule has 0 aliphatic carbocycles. The van der Waals surface area contributed by atoms with Crippen molar-refractivity contribution in [3.05, 3.63) is 57.9 Å². The van der Waals surface area contributed by atoms with E-state index >= 15 is 0 Å². The molecular formula is C15H16N4O2. The lowest BCUT2D eigenvalue weighted by molar-refractivity contribution is -0.384. The number of nitriles is 1. The molecule has 1 aromatic heterocycles. The maximum atomic E-state index is 10.7. The van der Waals surface area contributed by atoms with Gasteiger partial charge in [0.05, 0.1) is 16.2 Å². The van der Waals surface area contributed by atoms with E-state index in [2.05, 4.69) is 16.8 Å². The van der Waals surface area contributed by atoms with Crippen LogP contribution in [0.15, 0.2) is 36.7 Å². The Kier molecular flexibility index (Phi) is 4.57. The number of nitro groups is 1. The highest BCUT2D eigenvalue weighted by molar-refractivity contribution is 5.61. The predicted molar refractivity (Wildman–Crippen MR) is 79.9 cm³/mol. The molecule has 0 bridgehead atoms. The smallest absolute Gasteiger partial charge is 0.270 e. The second-order valence-corrected chi connectivity index (χ2v) is 4.71. The van der Waals surface area contributed by atoms with Gasteiger partial charge in [-0.2, -0.15) is 5.26 Å². The maximum absolute atomic E-state index is 10.7. The molecule has 2 aromatic rings. The minimum atomic E-state index is -0.504. The Bertz CT molecular complexity index is 685. The first-order valence-corrected chi connectivity index (χ1v) is 6.71. The summed E-state index contributed by atoms with van der Waals surface area (Å²) in [5.41, 5.74) is 1.90. The van der Waals surface area contributed by atoms with Crippen molar-refractivity contribution in [2.75, 3.05) is 5.32 Å². The van der Waals surface area contributed by atoms with Gasteiger partial charge >= 0.3 is 0 Å². The van der Waals surface area contributed by atoms with Gasteiger partial charge in [-0.3, -0.25) is 10.1 Å². The van der Waals surface area contributed by atoms with Crippen LogP contribution in [0.3, 0.4) is 0 Å². The van der Waals surface area contributed by atoms with E-state index in [0.717, 1.165) is 18.5 Å². The van der Waals surface area contributed by atoms with Crippen molar-refractivity contribution in [3.63, 3.8) is 0 Å². The first-order chi connectivity index (χ1) is 10.1. The monoisotopic (exact) mass is 284 g/mol. The fourth-order valence-electron chi connectivity index (χ4n) is 2.08. The number of aromatic nitrogens is 1. The molecule has 0 fully saturated rings. The van der Waals surface area contributed by atoms with Crippen LogP contribution < -0.4 is 5.32 Å². The van der Waals surface area contributed by atoms with Crippen LogP contribution >= 0.6 is 0 Å². The van der Waals surface area contributed by atoms with Gasteiger partial charge in [-0.1, -0.05) is 6.92 Å². The quantitative estimate of drug-likeness (QED) is 0.651. The highest BCUT2D eigenvalue weighted by Crippen LogP contribution is 2.22. The van der Waals surface area contributed by atoms with Gasteiger partial charge in [0.1, 0.15) is 6.07 Å². The van der Waals surface area contributed by atoms with E-state index in [9.17, 15) is 10.1 Å². The van der Waals surface area contributed by atoms with Crippen LogP contribution in [0, 0.1) is 21.4 Å². The van der Waals surface area contributed by atoms with Crippen LogP contribution in [0.5, 0.6) is 0 Å². The average Bonchev–Trinajstić information content (AvgIpc) is 2.93. The molecule has 0 saturated carbocycles. The molecule has 6 nitrogen and oxygen atoms in total. The van der Waals surface area contributed by atoms with E-state index < -0.39 is 4.92 Å². The zero-order valence-electron chi connectivity index (χ0n) is 11.7. The summed E-state index contributed by atoms with van der Waals surface area (Å²) in [4.78, 5) is 10.2. The summed E-state index contributed by atoms with van der Waals surface area (Å²) in [6, 6.07) is 8.24. The summed E-state index contributed by atoms with van der Waals surface area (Å²) in [6.07, 6.45) is 5.14. The zero-order valence-corrected chi connectivity index (χ0v) is 11.7. The van der Waals surface area contributed by atoms with E-state index in [-0.39, 0.29) is 11.3 Å². The maximum Gasteiger partial charge on any atom is 0.270 e. The molecule has 0 saturated heterocycles. The van der Waals surface area contributed by atoms with Gasteiger partial charge in [-0.05, 0) is 24.1 Å². The number of hydrogen-bond acceptors (Lipinski definition) is 4. The van der Waals surface area contributed by atoms with Gasteiger partial charge in [0.15, 0.2) is 0 Å². The third-order valence-electron chi connectivity index (χ3n) is 3.11. The molecule has 2 rings (SSSR count). The molecule has 1 N–H and O–H groups in total. The molecule has 108 valence electrons. The number of rotatable bonds is 6. The third-order valence-corrected chi connectivity index (χ3v) is 3.11. The lowest BCUT2D eigenvalue weighted by Gasteiger charge is -2.07. The van der Waals surface area contributed by atoms with Crippen molar-refractivity contribution < 1.29 is 4.92 Å². The number of nitrogens with one attached hydrogen (secondary N) is 1. The molecule has 0 amide bonds. The van der Waals surface area contributed by atoms with E-state index in [1.54, 1.807) is 6.07 Å². The number of nitro benzene ring substituents is 1. The average molecular weight is 284 g/mol. The lowest BCUT2D eigenvalue weighted by atomic mass is 10.1. The molecule has 21 heavy (non-hydrogen) atoms. The largest absolute Gasteiger partial charge is 0.380 e. The molecule has 0 unspecified atom stereocenters. The number of aryl methyl sites for hydroxylation is 1. The van der Waals surface area contributed by atoms with Crippen LogP contribution in [0.4, 0.5) is 11.4 Å². The van der Waals surface area contributed by atoms with Gasteiger partial charge in [-0.25, -0.2) is 0 Å². The van der Waals surface area contributed by atoms with Crippen LogP contribution in [0.25, 0.3) is 0 Å². The number of anilines is 1. The summed E-state index contributed by atoms with van der Waals surface area (Å²) >= 11 is 0. The summed E-state index contributed by atoms with van der Waals surface area (Å²) in [5, 5.41) is 22.9. The summed E-state index contributed by atoms with van der Waals surface area (Å²) < 4.78 is 2.11. The van der Waals surface area contributed by atoms with Gasteiger partial charge in [0, 0.05) is 37.6 Å². The Labute approximate surface area is 122 Å². The first-order valence-electron chi connectivity index (χ1n) is 6.71. The minimum absolute atomic E-state index is 0.0776. The number of hydrogen-bond donors (Lipinski definition) is 1. The van der Waals surface area contributed by atoms with E-state index in [0.29, 0.717) is 12.2 Å². The number of nitrogens with zero attached hydrogens (tertiary/aromatic N) is 3. The SMILES string of the molecule is CCCn1ccc(CNc2ccc([N+](=O)[O-])cc2C#N)c1. The number of benzene rings is 1. The van der Waals surface area contributed by atoms with Crippen LogP contribution in [-0.4, -0.2) is 9.49 Å². The van der Waals surface area contributed by atoms with Crippen LogP contribution in [0.2, 0.25) is 0 Å². The molecular weight excluding hydrogens is 268 g/mol. The summed E-state index contributed by atoms with van der Waals surface area (Å²) in [7, 11) is 0. The van der Waals surface area contributed by atoms with Crippen molar-refractivity contribution in [2.45, 2.75) is 26.4 Å². The zero-order chi connectivity index (χ0) is 15.2. The van der Waals surface area contributed by atoms with Crippen molar-refractivity contribution >= 4 is 11.4 Å². The highest BCUT2D eigenvalue weighted by atomic mass is 16.6. The molecule has 6 heteroatoms. The Morgan fingerprint density at radius 2 is 2.24 bits per heavy atom. The van der Waals surface area contributed by atoms with E-state index in [1.807, 2.05) is 24.5 Å². The molecule has 0 radical (unpaired) electrons. The molecule has 0 atom stereocenters. The second kappa shape index (κ2) is 6.57. The molecule has 0 aliphatic rings. The first kappa shape index (κ1) is 14.6. The highest BCUT2D eigenvalue weighted by Gasteiger charge is 2.10. The normalized spacial score (nSPS) is 10.1. The van der Waals surface area contributed by atoms with Gasteiger partial charge in [0.2, 0.25) is 0 Å². The van der Waals surface area contributed by atoms with E-state index in [1.165, 1.54) is 12.1 Å². The van der Waals surface area contributed by atoms with Crippen molar-refractivity contribution in [3.8, 4) is 6.07 Å². The third kappa shape index (κ3) is 3.60. The molecule has 0 spiro atoms. The fraction of sp³-hybridized carbons (Fsp3) is 0.267. The van der Waals surface area contributed by atoms with Crippen LogP contribution in [0.1, 0.15) is 24.5 Å². The Balaban J connectivity index is 2.08. The van der Waals surface area contributed by atoms with Gasteiger partial charge in [-0.15, -0.1) is 0 Å². The van der Waals surface area contributed by atoms with E-state index in [4.69, 9.17) is 5.26 Å². The minimum Gasteiger partial charge on any atom is -0.380 e. The van der Waals surface area contributed by atoms with Gasteiger partial charge < -0.3 is 9.88 Å². The van der Waals surface area contributed by atoms with Crippen molar-refractivity contribution in [1.29, 1.82) is 5.26 Å². The molecule has 1 aromatic carbocycles.